The van der Waals surface area contributed by atoms with E-state index >= 15 is 0 Å². The van der Waals surface area contributed by atoms with Crippen LogP contribution in [0.4, 0.5) is 24.8 Å². The summed E-state index contributed by atoms with van der Waals surface area (Å²) in [5.74, 6) is 1.61. The molecule has 9 nitrogen and oxygen atoms in total. The minimum Gasteiger partial charge on any atom is -0.462 e. The highest BCUT2D eigenvalue weighted by Crippen LogP contribution is 2.49. The number of fused-ring (bicyclic) bond motifs is 2. The maximum Gasteiger partial charge on any atom is 0.418 e. The van der Waals surface area contributed by atoms with Crippen LogP contribution in [-0.4, -0.2) is 83.1 Å². The van der Waals surface area contributed by atoms with Crippen LogP contribution in [0, 0.1) is 11.8 Å². The molecule has 2 aliphatic heterocycles. The summed E-state index contributed by atoms with van der Waals surface area (Å²) in [6.07, 6.45) is -2.20. The molecule has 0 unspecified atom stereocenters. The van der Waals surface area contributed by atoms with Crippen molar-refractivity contribution in [2.75, 3.05) is 57.0 Å². The van der Waals surface area contributed by atoms with Crippen LogP contribution in [-0.2, 0) is 11.0 Å². The number of nitrogens with two attached hydrogens (primary N) is 1. The minimum atomic E-state index is -4.67. The molecule has 3 aliphatic rings. The van der Waals surface area contributed by atoms with E-state index in [1.807, 2.05) is 4.90 Å². The third kappa shape index (κ3) is 5.26. The fourth-order valence-electron chi connectivity index (χ4n) is 5.97. The van der Waals surface area contributed by atoms with Gasteiger partial charge in [0.25, 0.3) is 0 Å². The zero-order valence-electron chi connectivity index (χ0n) is 22.4. The highest BCUT2D eigenvalue weighted by atomic mass is 35.5. The summed E-state index contributed by atoms with van der Waals surface area (Å²) >= 11 is 6.61. The Bertz CT molecular complexity index is 1520. The number of carbonyl (C=O) groups is 1. The first-order chi connectivity index (χ1) is 19.5. The number of ether oxygens (including phenoxy) is 1. The van der Waals surface area contributed by atoms with E-state index in [9.17, 15) is 18.0 Å². The molecule has 13 heteroatoms. The van der Waals surface area contributed by atoms with Crippen molar-refractivity contribution in [2.45, 2.75) is 18.6 Å². The Morgan fingerprint density at radius 3 is 2.61 bits per heavy atom. The molecule has 3 atom stereocenters. The highest BCUT2D eigenvalue weighted by molar-refractivity contribution is 6.34. The van der Waals surface area contributed by atoms with E-state index in [0.717, 1.165) is 18.7 Å². The first-order valence-corrected chi connectivity index (χ1v) is 13.8. The van der Waals surface area contributed by atoms with Crippen molar-refractivity contribution >= 4 is 40.0 Å². The first kappa shape index (κ1) is 27.5. The van der Waals surface area contributed by atoms with Gasteiger partial charge >= 0.3 is 12.2 Å². The summed E-state index contributed by atoms with van der Waals surface area (Å²) < 4.78 is 47.8. The predicted octanol–water partition coefficient (Wildman–Crippen LogP) is 4.11. The molecular formula is C28H29ClF3N7O2. The topological polar surface area (TPSA) is 101 Å². The van der Waals surface area contributed by atoms with E-state index in [-0.39, 0.29) is 40.1 Å². The van der Waals surface area contributed by atoms with Crippen LogP contribution in [0.25, 0.3) is 22.2 Å². The summed E-state index contributed by atoms with van der Waals surface area (Å²) in [6.45, 7) is 6.87. The van der Waals surface area contributed by atoms with Gasteiger partial charge in [-0.2, -0.15) is 23.1 Å². The second kappa shape index (κ2) is 10.3. The van der Waals surface area contributed by atoms with Gasteiger partial charge in [-0.15, -0.1) is 0 Å². The number of carbonyl (C=O) groups excluding carboxylic acids is 1. The van der Waals surface area contributed by atoms with Gasteiger partial charge in [0.1, 0.15) is 18.2 Å². The number of benzene rings is 1. The first-order valence-electron chi connectivity index (χ1n) is 13.4. The lowest BCUT2D eigenvalue weighted by atomic mass is 10.0. The lowest BCUT2D eigenvalue weighted by Crippen LogP contribution is -2.48. The Morgan fingerprint density at radius 2 is 1.95 bits per heavy atom. The minimum absolute atomic E-state index is 0.0483. The van der Waals surface area contributed by atoms with Crippen molar-refractivity contribution in [2.24, 2.45) is 11.8 Å². The SMILES string of the molecule is C=CC(=O)N1CCN(c2nc(OC[C@@H]3[C@@H]4C[C@@H]4CN3C)nc3cc(-c4nc(N)ccc4C(F)(F)F)c(Cl)cc23)CC1. The quantitative estimate of drug-likeness (QED) is 0.430. The number of likely N-dealkylation sites (tertiary alicyclic amines) is 1. The third-order valence-corrected chi connectivity index (χ3v) is 8.54. The molecule has 1 aromatic carbocycles. The van der Waals surface area contributed by atoms with Gasteiger partial charge in [0, 0.05) is 49.7 Å². The molecule has 1 amide bonds. The number of hydrogen-bond acceptors (Lipinski definition) is 8. The molecule has 2 N–H and O–H groups in total. The van der Waals surface area contributed by atoms with Crippen molar-refractivity contribution in [3.8, 4) is 17.3 Å². The number of nitrogens with zero attached hydrogens (tertiary/aromatic N) is 6. The van der Waals surface area contributed by atoms with Crippen LogP contribution < -0.4 is 15.4 Å². The molecular weight excluding hydrogens is 559 g/mol. The second-order valence-electron chi connectivity index (χ2n) is 10.8. The molecule has 2 saturated heterocycles. The van der Waals surface area contributed by atoms with Crippen molar-refractivity contribution in [3.05, 3.63) is 47.5 Å². The molecule has 0 radical (unpaired) electrons. The number of rotatable bonds is 6. The fourth-order valence-corrected chi connectivity index (χ4v) is 6.22. The number of anilines is 2. The van der Waals surface area contributed by atoms with E-state index in [0.29, 0.717) is 61.3 Å². The number of likely N-dealkylation sites (N-methyl/N-ethyl adjacent to an activating group) is 1. The monoisotopic (exact) mass is 587 g/mol. The maximum absolute atomic E-state index is 13.9. The van der Waals surface area contributed by atoms with Crippen molar-refractivity contribution < 1.29 is 22.7 Å². The Kier molecular flexibility index (Phi) is 6.93. The van der Waals surface area contributed by atoms with E-state index in [1.54, 1.807) is 11.0 Å². The van der Waals surface area contributed by atoms with Gasteiger partial charge in [0.15, 0.2) is 0 Å². The van der Waals surface area contributed by atoms with E-state index in [1.165, 1.54) is 18.6 Å². The van der Waals surface area contributed by atoms with Gasteiger partial charge in [0.2, 0.25) is 5.91 Å². The average molecular weight is 588 g/mol. The molecule has 2 aromatic heterocycles. The third-order valence-electron chi connectivity index (χ3n) is 8.23. The zero-order valence-corrected chi connectivity index (χ0v) is 23.1. The van der Waals surface area contributed by atoms with Gasteiger partial charge in [-0.05, 0) is 55.6 Å². The Labute approximate surface area is 239 Å². The molecule has 41 heavy (non-hydrogen) atoms. The summed E-state index contributed by atoms with van der Waals surface area (Å²) in [7, 11) is 2.07. The largest absolute Gasteiger partial charge is 0.462 e. The van der Waals surface area contributed by atoms with Gasteiger partial charge in [-0.25, -0.2) is 4.98 Å². The van der Waals surface area contributed by atoms with Crippen molar-refractivity contribution in [1.29, 1.82) is 0 Å². The molecule has 0 bridgehead atoms. The van der Waals surface area contributed by atoms with E-state index in [2.05, 4.69) is 28.5 Å². The van der Waals surface area contributed by atoms with Crippen molar-refractivity contribution in [1.82, 2.24) is 24.8 Å². The lowest BCUT2D eigenvalue weighted by Gasteiger charge is -2.35. The van der Waals surface area contributed by atoms with Gasteiger partial charge < -0.3 is 20.3 Å². The molecule has 6 rings (SSSR count). The summed E-state index contributed by atoms with van der Waals surface area (Å²) in [5, 5.41) is 0.597. The van der Waals surface area contributed by atoms with Crippen LogP contribution >= 0.6 is 11.6 Å². The lowest BCUT2D eigenvalue weighted by molar-refractivity contribution is -0.137. The predicted molar refractivity (Wildman–Crippen MR) is 150 cm³/mol. The van der Waals surface area contributed by atoms with Crippen LogP contribution in [0.3, 0.4) is 0 Å². The molecule has 3 aromatic rings. The maximum atomic E-state index is 13.9. The Balaban J connectivity index is 1.41. The number of hydrogen-bond donors (Lipinski definition) is 1. The molecule has 4 heterocycles. The van der Waals surface area contributed by atoms with E-state index < -0.39 is 11.7 Å². The highest BCUT2D eigenvalue weighted by Gasteiger charge is 2.51. The van der Waals surface area contributed by atoms with Crippen LogP contribution in [0.2, 0.25) is 5.02 Å². The zero-order chi connectivity index (χ0) is 29.1. The number of amides is 1. The molecule has 3 fully saturated rings. The smallest absolute Gasteiger partial charge is 0.418 e. The number of piperidine rings is 1. The number of alkyl halides is 3. The summed E-state index contributed by atoms with van der Waals surface area (Å²) in [6, 6.07) is 5.40. The van der Waals surface area contributed by atoms with Crippen LogP contribution in [0.5, 0.6) is 6.01 Å². The van der Waals surface area contributed by atoms with Gasteiger partial charge in [-0.3, -0.25) is 9.69 Å². The fraction of sp³-hybridized carbons (Fsp3) is 0.429. The number of aromatic nitrogens is 3. The van der Waals surface area contributed by atoms with Crippen molar-refractivity contribution in [3.63, 3.8) is 0 Å². The number of pyridine rings is 1. The Morgan fingerprint density at radius 1 is 1.20 bits per heavy atom. The molecule has 216 valence electrons. The standard InChI is InChI=1S/C28H29ClF3N7O2/c1-3-24(40)38-6-8-39(9-7-38)26-18-11-20(29)17(25-19(28(30,31)32)4-5-23(33)35-25)12-21(18)34-27(36-26)41-14-22-16-10-15(16)13-37(22)2/h3-5,11-12,15-16,22H,1,6-10,13-14H2,2H3,(H2,33,35)/t15-,16-,22-/m1/s1. The van der Waals surface area contributed by atoms with Gasteiger partial charge in [-0.1, -0.05) is 18.2 Å². The molecule has 0 spiro atoms. The number of nitrogen functional groups attached to an aromatic ring is 1. The number of halogens is 4. The summed E-state index contributed by atoms with van der Waals surface area (Å²) in [5.41, 5.74) is 4.84. The van der Waals surface area contributed by atoms with Crippen LogP contribution in [0.15, 0.2) is 36.9 Å². The van der Waals surface area contributed by atoms with Crippen LogP contribution in [0.1, 0.15) is 12.0 Å². The van der Waals surface area contributed by atoms with Gasteiger partial charge in [0.05, 0.1) is 21.8 Å². The Hall–Kier alpha value is -3.64. The summed E-state index contributed by atoms with van der Waals surface area (Å²) in [4.78, 5) is 31.4. The average Bonchev–Trinajstić information content (AvgIpc) is 3.62. The van der Waals surface area contributed by atoms with E-state index in [4.69, 9.17) is 27.1 Å². The molecule has 1 aliphatic carbocycles. The second-order valence-corrected chi connectivity index (χ2v) is 11.2. The number of piperazine rings is 1. The normalized spacial score (nSPS) is 22.6. The molecule has 1 saturated carbocycles.